The maximum atomic E-state index is 11.4. The number of carbonyl (C=O) groups is 1. The fourth-order valence-electron chi connectivity index (χ4n) is 1.70. The van der Waals surface area contributed by atoms with E-state index in [0.717, 1.165) is 6.26 Å². The molecule has 0 aromatic rings. The zero-order chi connectivity index (χ0) is 11.6. The van der Waals surface area contributed by atoms with E-state index >= 15 is 0 Å². The number of nitrogens with one attached hydrogen (secondary N) is 1. The second-order valence-corrected chi connectivity index (χ2v) is 5.83. The molecular weight excluding hydrogens is 220 g/mol. The maximum Gasteiger partial charge on any atom is 0.305 e. The Balaban J connectivity index is 2.80. The number of carboxylic acids is 1. The molecule has 1 fully saturated rings. The summed E-state index contributed by atoms with van der Waals surface area (Å²) in [6, 6.07) is -0.418. The van der Waals surface area contributed by atoms with Crippen molar-refractivity contribution in [3.63, 3.8) is 0 Å². The Kier molecular flexibility index (Phi) is 3.69. The average Bonchev–Trinajstić information content (AvgIpc) is 2.05. The molecule has 0 aliphatic carbocycles. The fourth-order valence-corrected chi connectivity index (χ4v) is 2.89. The minimum Gasteiger partial charge on any atom is -0.481 e. The first-order valence-corrected chi connectivity index (χ1v) is 6.57. The van der Waals surface area contributed by atoms with Crippen LogP contribution in [0.4, 0.5) is 0 Å². The van der Waals surface area contributed by atoms with Crippen LogP contribution in [0.2, 0.25) is 0 Å². The molecule has 1 aliphatic rings. The third-order valence-corrected chi connectivity index (χ3v) is 3.70. The molecule has 0 radical (unpaired) electrons. The monoisotopic (exact) mass is 236 g/mol. The Labute approximate surface area is 89.3 Å². The molecule has 1 heterocycles. The van der Waals surface area contributed by atoms with Crippen molar-refractivity contribution in [3.8, 4) is 0 Å². The summed E-state index contributed by atoms with van der Waals surface area (Å²) in [5.41, 5.74) is 0. The third kappa shape index (κ3) is 3.44. The topological polar surface area (TPSA) is 86.7 Å². The molecule has 0 spiro atoms. The van der Waals surface area contributed by atoms with Crippen LogP contribution in [0.15, 0.2) is 0 Å². The number of hydrogen-bond donors (Lipinski definition) is 2. The molecule has 1 rings (SSSR count). The van der Waals surface area contributed by atoms with Crippen molar-refractivity contribution in [2.45, 2.75) is 25.4 Å². The van der Waals surface area contributed by atoms with Gasteiger partial charge < -0.3 is 10.4 Å². The number of piperazine rings is 1. The van der Waals surface area contributed by atoms with Gasteiger partial charge in [0.05, 0.1) is 12.7 Å². The summed E-state index contributed by atoms with van der Waals surface area (Å²) in [6.45, 7) is 2.59. The summed E-state index contributed by atoms with van der Waals surface area (Å²) in [5, 5.41) is 11.7. The molecule has 0 bridgehead atoms. The molecule has 7 heteroatoms. The normalized spacial score (nSPS) is 28.9. The zero-order valence-corrected chi connectivity index (χ0v) is 9.62. The predicted octanol–water partition coefficient (Wildman–Crippen LogP) is -0.917. The second-order valence-electron chi connectivity index (χ2n) is 3.89. The van der Waals surface area contributed by atoms with Crippen LogP contribution in [0.3, 0.4) is 0 Å². The van der Waals surface area contributed by atoms with Crippen LogP contribution in [0.5, 0.6) is 0 Å². The van der Waals surface area contributed by atoms with Crippen molar-refractivity contribution in [1.29, 1.82) is 0 Å². The first-order chi connectivity index (χ1) is 6.80. The summed E-state index contributed by atoms with van der Waals surface area (Å²) >= 11 is 0. The van der Waals surface area contributed by atoms with Gasteiger partial charge in [0.25, 0.3) is 0 Å². The molecule has 88 valence electrons. The van der Waals surface area contributed by atoms with E-state index < -0.39 is 22.0 Å². The van der Waals surface area contributed by atoms with Gasteiger partial charge >= 0.3 is 5.97 Å². The smallest absolute Gasteiger partial charge is 0.305 e. The van der Waals surface area contributed by atoms with Gasteiger partial charge in [-0.2, -0.15) is 4.31 Å². The lowest BCUT2D eigenvalue weighted by Gasteiger charge is -2.36. The number of rotatable bonds is 3. The van der Waals surface area contributed by atoms with Crippen molar-refractivity contribution in [3.05, 3.63) is 0 Å². The molecule has 15 heavy (non-hydrogen) atoms. The molecule has 0 aromatic heterocycles. The van der Waals surface area contributed by atoms with E-state index in [2.05, 4.69) is 5.32 Å². The first kappa shape index (κ1) is 12.4. The van der Waals surface area contributed by atoms with Crippen LogP contribution in [-0.2, 0) is 14.8 Å². The quantitative estimate of drug-likeness (QED) is 0.662. The third-order valence-electron chi connectivity index (χ3n) is 2.40. The zero-order valence-electron chi connectivity index (χ0n) is 8.80. The fraction of sp³-hybridized carbons (Fsp3) is 0.875. The number of sulfonamides is 1. The highest BCUT2D eigenvalue weighted by atomic mass is 32.2. The maximum absolute atomic E-state index is 11.4. The van der Waals surface area contributed by atoms with E-state index in [9.17, 15) is 13.2 Å². The molecule has 0 amide bonds. The van der Waals surface area contributed by atoms with Crippen LogP contribution in [0.25, 0.3) is 0 Å². The molecule has 1 saturated heterocycles. The molecule has 0 aromatic carbocycles. The van der Waals surface area contributed by atoms with Crippen molar-refractivity contribution in [1.82, 2.24) is 9.62 Å². The van der Waals surface area contributed by atoms with Gasteiger partial charge in [0.15, 0.2) is 0 Å². The van der Waals surface area contributed by atoms with Crippen LogP contribution >= 0.6 is 0 Å². The Hall–Kier alpha value is -0.660. The molecule has 0 unspecified atom stereocenters. The molecule has 2 N–H and O–H groups in total. The molecule has 2 atom stereocenters. The van der Waals surface area contributed by atoms with Gasteiger partial charge in [0.1, 0.15) is 0 Å². The van der Waals surface area contributed by atoms with Crippen molar-refractivity contribution in [2.75, 3.05) is 19.3 Å². The lowest BCUT2D eigenvalue weighted by molar-refractivity contribution is -0.138. The van der Waals surface area contributed by atoms with Crippen LogP contribution in [-0.4, -0.2) is 55.2 Å². The highest BCUT2D eigenvalue weighted by Gasteiger charge is 2.33. The molecule has 6 nitrogen and oxygen atoms in total. The minimum atomic E-state index is -3.32. The largest absolute Gasteiger partial charge is 0.481 e. The van der Waals surface area contributed by atoms with Crippen LogP contribution in [0, 0.1) is 0 Å². The van der Waals surface area contributed by atoms with Gasteiger partial charge in [-0.05, 0) is 6.92 Å². The second kappa shape index (κ2) is 4.46. The van der Waals surface area contributed by atoms with Crippen molar-refractivity contribution in [2.24, 2.45) is 0 Å². The molecule has 1 aliphatic heterocycles. The Bertz CT molecular complexity index is 341. The van der Waals surface area contributed by atoms with E-state index in [4.69, 9.17) is 5.11 Å². The van der Waals surface area contributed by atoms with E-state index in [-0.39, 0.29) is 12.5 Å². The lowest BCUT2D eigenvalue weighted by atomic mass is 10.1. The van der Waals surface area contributed by atoms with E-state index in [0.29, 0.717) is 13.1 Å². The highest BCUT2D eigenvalue weighted by Crippen LogP contribution is 2.14. The summed E-state index contributed by atoms with van der Waals surface area (Å²) in [4.78, 5) is 10.6. The van der Waals surface area contributed by atoms with Gasteiger partial charge in [-0.3, -0.25) is 4.79 Å². The van der Waals surface area contributed by atoms with Gasteiger partial charge in [0, 0.05) is 25.2 Å². The molecular formula is C8H16N2O4S. The van der Waals surface area contributed by atoms with E-state index in [1.54, 1.807) is 0 Å². The predicted molar refractivity (Wildman–Crippen MR) is 55.1 cm³/mol. The number of nitrogens with zero attached hydrogens (tertiary/aromatic N) is 1. The van der Waals surface area contributed by atoms with Crippen LogP contribution in [0.1, 0.15) is 13.3 Å². The summed E-state index contributed by atoms with van der Waals surface area (Å²) in [7, 11) is -3.32. The van der Waals surface area contributed by atoms with Gasteiger partial charge in [-0.15, -0.1) is 0 Å². The van der Waals surface area contributed by atoms with Crippen LogP contribution < -0.4 is 5.32 Å². The number of hydrogen-bond acceptors (Lipinski definition) is 4. The van der Waals surface area contributed by atoms with Crippen molar-refractivity contribution >= 4 is 16.0 Å². The van der Waals surface area contributed by atoms with E-state index in [1.165, 1.54) is 4.31 Å². The standard InChI is InChI=1S/C8H16N2O4S/c1-6-5-10(15(2,13)14)7(4-9-6)3-8(11)12/h6-7,9H,3-5H2,1-2H3,(H,11,12)/t6-,7-/m0/s1. The number of carboxylic acid groups (broad SMARTS) is 1. The average molecular weight is 236 g/mol. The summed E-state index contributed by atoms with van der Waals surface area (Å²) in [5.74, 6) is -0.981. The first-order valence-electron chi connectivity index (χ1n) is 4.72. The minimum absolute atomic E-state index is 0.0600. The molecule has 0 saturated carbocycles. The Morgan fingerprint density at radius 1 is 1.60 bits per heavy atom. The highest BCUT2D eigenvalue weighted by molar-refractivity contribution is 7.88. The number of aliphatic carboxylic acids is 1. The lowest BCUT2D eigenvalue weighted by Crippen LogP contribution is -2.57. The Morgan fingerprint density at radius 2 is 2.20 bits per heavy atom. The summed E-state index contributed by atoms with van der Waals surface area (Å²) in [6.07, 6.45) is 0.951. The van der Waals surface area contributed by atoms with Gasteiger partial charge in [0.2, 0.25) is 10.0 Å². The SMILES string of the molecule is C[C@H]1CN(S(C)(=O)=O)[C@@H](CC(=O)O)CN1. The Morgan fingerprint density at radius 3 is 2.67 bits per heavy atom. The van der Waals surface area contributed by atoms with E-state index in [1.807, 2.05) is 6.92 Å². The van der Waals surface area contributed by atoms with Gasteiger partial charge in [-0.1, -0.05) is 0 Å². The summed E-state index contributed by atoms with van der Waals surface area (Å²) < 4.78 is 24.1. The van der Waals surface area contributed by atoms with Gasteiger partial charge in [-0.25, -0.2) is 8.42 Å². The van der Waals surface area contributed by atoms with Crippen molar-refractivity contribution < 1.29 is 18.3 Å².